The van der Waals surface area contributed by atoms with E-state index in [9.17, 15) is 5.11 Å². The summed E-state index contributed by atoms with van der Waals surface area (Å²) in [6.07, 6.45) is 12.0. The molecule has 1 unspecified atom stereocenters. The highest BCUT2D eigenvalue weighted by molar-refractivity contribution is 5.17. The van der Waals surface area contributed by atoms with Crippen LogP contribution in [0, 0.1) is 40.4 Å². The predicted molar refractivity (Wildman–Crippen MR) is 161 cm³/mol. The Morgan fingerprint density at radius 1 is 0.872 bits per heavy atom. The molecule has 0 radical (unpaired) electrons. The van der Waals surface area contributed by atoms with Crippen molar-refractivity contribution in [3.63, 3.8) is 0 Å². The van der Waals surface area contributed by atoms with E-state index in [-0.39, 0.29) is 11.5 Å². The summed E-state index contributed by atoms with van der Waals surface area (Å²) in [7, 11) is 2.36. The zero-order chi connectivity index (χ0) is 27.0. The van der Waals surface area contributed by atoms with E-state index >= 15 is 0 Å². The molecule has 0 heterocycles. The summed E-state index contributed by atoms with van der Waals surface area (Å²) in [5.41, 5.74) is 3.57. The van der Waals surface area contributed by atoms with Crippen LogP contribution >= 0.6 is 0 Å². The van der Waals surface area contributed by atoms with E-state index in [1.807, 2.05) is 0 Å². The number of fused-ring (bicyclic) bond motifs is 5. The van der Waals surface area contributed by atoms with Crippen molar-refractivity contribution >= 4 is 0 Å². The van der Waals surface area contributed by atoms with E-state index in [0.29, 0.717) is 11.3 Å². The SMILES string of the molecule is CC(O)[C@H]1CC[C@H]2[C@@H]3CC[C@H]4C[C@@H](N(C)Cc5ccccc5)CC[C@]4(C)[C@H]3CC[C@]12CNCc1ccccc1. The van der Waals surface area contributed by atoms with Crippen LogP contribution in [0.5, 0.6) is 0 Å². The minimum Gasteiger partial charge on any atom is -0.393 e. The molecule has 39 heavy (non-hydrogen) atoms. The molecule has 4 fully saturated rings. The van der Waals surface area contributed by atoms with Crippen LogP contribution in [0.4, 0.5) is 0 Å². The van der Waals surface area contributed by atoms with E-state index in [4.69, 9.17) is 0 Å². The van der Waals surface area contributed by atoms with Gasteiger partial charge in [0.1, 0.15) is 0 Å². The molecule has 4 saturated carbocycles. The third kappa shape index (κ3) is 5.13. The van der Waals surface area contributed by atoms with Gasteiger partial charge in [0, 0.05) is 25.7 Å². The molecular weight excluding hydrogens is 476 g/mol. The van der Waals surface area contributed by atoms with Gasteiger partial charge < -0.3 is 10.4 Å². The van der Waals surface area contributed by atoms with Crippen molar-refractivity contribution in [1.82, 2.24) is 10.2 Å². The van der Waals surface area contributed by atoms with Gasteiger partial charge in [-0.05, 0) is 123 Å². The third-order valence-corrected chi connectivity index (χ3v) is 12.5. The minimum absolute atomic E-state index is 0.201. The van der Waals surface area contributed by atoms with Crippen LogP contribution in [0.3, 0.4) is 0 Å². The quantitative estimate of drug-likeness (QED) is 0.377. The van der Waals surface area contributed by atoms with Gasteiger partial charge in [-0.2, -0.15) is 0 Å². The zero-order valence-corrected chi connectivity index (χ0v) is 24.7. The Balaban J connectivity index is 1.15. The first-order valence-electron chi connectivity index (χ1n) is 16.1. The Kier molecular flexibility index (Phi) is 7.96. The number of rotatable bonds is 8. The molecule has 212 valence electrons. The molecule has 2 aromatic carbocycles. The van der Waals surface area contributed by atoms with Crippen LogP contribution < -0.4 is 5.32 Å². The van der Waals surface area contributed by atoms with Gasteiger partial charge in [-0.25, -0.2) is 0 Å². The summed E-state index contributed by atoms with van der Waals surface area (Å²) in [6.45, 7) is 7.85. The Morgan fingerprint density at radius 2 is 1.59 bits per heavy atom. The average Bonchev–Trinajstić information content (AvgIpc) is 3.34. The first-order chi connectivity index (χ1) is 18.9. The molecule has 9 atom stereocenters. The van der Waals surface area contributed by atoms with Gasteiger partial charge in [0.15, 0.2) is 0 Å². The molecule has 6 rings (SSSR count). The van der Waals surface area contributed by atoms with Crippen LogP contribution in [0.1, 0.15) is 82.8 Å². The largest absolute Gasteiger partial charge is 0.393 e. The first kappa shape index (κ1) is 27.5. The van der Waals surface area contributed by atoms with Crippen molar-refractivity contribution in [1.29, 1.82) is 0 Å². The lowest BCUT2D eigenvalue weighted by atomic mass is 9.44. The van der Waals surface area contributed by atoms with E-state index in [1.54, 1.807) is 0 Å². The normalized spacial score (nSPS) is 38.6. The fourth-order valence-electron chi connectivity index (χ4n) is 10.6. The highest BCUT2D eigenvalue weighted by atomic mass is 16.3. The number of aliphatic hydroxyl groups is 1. The highest BCUT2D eigenvalue weighted by Gasteiger charge is 2.62. The lowest BCUT2D eigenvalue weighted by Gasteiger charge is -2.62. The Hall–Kier alpha value is -1.68. The average molecular weight is 529 g/mol. The monoisotopic (exact) mass is 528 g/mol. The van der Waals surface area contributed by atoms with Gasteiger partial charge in [-0.1, -0.05) is 67.6 Å². The van der Waals surface area contributed by atoms with E-state index in [1.165, 1.54) is 68.9 Å². The van der Waals surface area contributed by atoms with Gasteiger partial charge in [0.25, 0.3) is 0 Å². The zero-order valence-electron chi connectivity index (χ0n) is 24.7. The molecule has 0 saturated heterocycles. The third-order valence-electron chi connectivity index (χ3n) is 12.5. The van der Waals surface area contributed by atoms with Crippen LogP contribution in [0.2, 0.25) is 0 Å². The van der Waals surface area contributed by atoms with Crippen molar-refractivity contribution in [3.8, 4) is 0 Å². The van der Waals surface area contributed by atoms with Crippen LogP contribution in [-0.4, -0.2) is 35.7 Å². The van der Waals surface area contributed by atoms with Crippen LogP contribution in [0.15, 0.2) is 60.7 Å². The molecule has 3 heteroatoms. The van der Waals surface area contributed by atoms with Gasteiger partial charge in [0.05, 0.1) is 6.10 Å². The topological polar surface area (TPSA) is 35.5 Å². The lowest BCUT2D eigenvalue weighted by molar-refractivity contribution is -0.131. The fourth-order valence-corrected chi connectivity index (χ4v) is 10.6. The summed E-state index contributed by atoms with van der Waals surface area (Å²) in [5, 5.41) is 14.9. The summed E-state index contributed by atoms with van der Waals surface area (Å²) in [4.78, 5) is 2.65. The van der Waals surface area contributed by atoms with Gasteiger partial charge >= 0.3 is 0 Å². The van der Waals surface area contributed by atoms with Crippen molar-refractivity contribution in [3.05, 3.63) is 71.8 Å². The molecule has 0 bridgehead atoms. The van der Waals surface area contributed by atoms with Gasteiger partial charge in [-0.3, -0.25) is 4.90 Å². The van der Waals surface area contributed by atoms with Crippen molar-refractivity contribution in [2.45, 2.75) is 96.9 Å². The molecule has 3 nitrogen and oxygen atoms in total. The van der Waals surface area contributed by atoms with Gasteiger partial charge in [-0.15, -0.1) is 0 Å². The summed E-state index contributed by atoms with van der Waals surface area (Å²) < 4.78 is 0. The Bertz CT molecular complexity index is 1070. The molecule has 4 aliphatic rings. The Labute approximate surface area is 237 Å². The summed E-state index contributed by atoms with van der Waals surface area (Å²) >= 11 is 0. The number of hydrogen-bond donors (Lipinski definition) is 2. The van der Waals surface area contributed by atoms with E-state index in [2.05, 4.69) is 91.8 Å². The lowest BCUT2D eigenvalue weighted by Crippen LogP contribution is -2.57. The molecule has 2 N–H and O–H groups in total. The minimum atomic E-state index is -0.201. The predicted octanol–water partition coefficient (Wildman–Crippen LogP) is 7.30. The molecule has 2 aromatic rings. The standard InChI is InChI=1S/C36H52N2O/c1-26(39)32-16-17-34-31-15-14-29-22-30(38(3)24-28-12-8-5-9-13-28)18-20-35(29,2)33(31)19-21-36(32,34)25-37-23-27-10-6-4-7-11-27/h4-13,26,29-34,37,39H,14-25H2,1-3H3/t26?,29-,30-,31+,32+,33-,34-,35-,36-/m0/s1. The number of nitrogens with zero attached hydrogens (tertiary/aromatic N) is 1. The molecular formula is C36H52N2O. The maximum absolute atomic E-state index is 11.0. The summed E-state index contributed by atoms with van der Waals surface area (Å²) in [6, 6.07) is 22.6. The molecule has 0 aromatic heterocycles. The number of aliphatic hydroxyl groups excluding tert-OH is 1. The van der Waals surface area contributed by atoms with E-state index < -0.39 is 0 Å². The maximum Gasteiger partial charge on any atom is 0.0546 e. The van der Waals surface area contributed by atoms with E-state index in [0.717, 1.165) is 49.3 Å². The second kappa shape index (κ2) is 11.3. The van der Waals surface area contributed by atoms with Gasteiger partial charge in [0.2, 0.25) is 0 Å². The van der Waals surface area contributed by atoms with Crippen LogP contribution in [0.25, 0.3) is 0 Å². The Morgan fingerprint density at radius 3 is 2.31 bits per heavy atom. The van der Waals surface area contributed by atoms with Crippen molar-refractivity contribution in [2.75, 3.05) is 13.6 Å². The highest BCUT2D eigenvalue weighted by Crippen LogP contribution is 2.68. The second-order valence-electron chi connectivity index (χ2n) is 14.3. The first-order valence-corrected chi connectivity index (χ1v) is 16.1. The fraction of sp³-hybridized carbons (Fsp3) is 0.667. The van der Waals surface area contributed by atoms with Crippen molar-refractivity contribution in [2.24, 2.45) is 40.4 Å². The molecule has 0 spiro atoms. The number of hydrogen-bond acceptors (Lipinski definition) is 3. The van der Waals surface area contributed by atoms with Crippen molar-refractivity contribution < 1.29 is 5.11 Å². The second-order valence-corrected chi connectivity index (χ2v) is 14.3. The smallest absolute Gasteiger partial charge is 0.0546 e. The van der Waals surface area contributed by atoms with Crippen LogP contribution in [-0.2, 0) is 13.1 Å². The molecule has 4 aliphatic carbocycles. The number of nitrogens with one attached hydrogen (secondary N) is 1. The number of benzene rings is 2. The molecule has 0 aliphatic heterocycles. The maximum atomic E-state index is 11.0. The molecule has 0 amide bonds. The summed E-state index contributed by atoms with van der Waals surface area (Å²) in [5.74, 6) is 3.81.